The Kier molecular flexibility index (Phi) is 3.83. The molecule has 0 radical (unpaired) electrons. The number of para-hydroxylation sites is 1. The normalized spacial score (nSPS) is 23.1. The van der Waals surface area contributed by atoms with Gasteiger partial charge in [0.1, 0.15) is 11.3 Å². The summed E-state index contributed by atoms with van der Waals surface area (Å²) in [4.78, 5) is 3.30. The second-order valence-electron chi connectivity index (χ2n) is 6.02. The summed E-state index contributed by atoms with van der Waals surface area (Å²) in [6, 6.07) is 6.12. The van der Waals surface area contributed by atoms with Crippen LogP contribution in [0, 0.1) is 16.6 Å². The van der Waals surface area contributed by atoms with Crippen molar-refractivity contribution in [2.24, 2.45) is 11.8 Å². The molecule has 3 nitrogen and oxygen atoms in total. The minimum absolute atomic E-state index is 0.753. The number of ether oxygens (including phenoxy) is 1. The second-order valence-corrected chi connectivity index (χ2v) is 6.41. The van der Waals surface area contributed by atoms with Crippen molar-refractivity contribution in [3.8, 4) is 5.75 Å². The maximum absolute atomic E-state index is 5.50. The smallest absolute Gasteiger partial charge is 0.178 e. The van der Waals surface area contributed by atoms with E-state index in [1.165, 1.54) is 25.7 Å². The molecule has 0 unspecified atom stereocenters. The van der Waals surface area contributed by atoms with Crippen LogP contribution < -0.4 is 4.74 Å². The molecule has 108 valence electrons. The summed E-state index contributed by atoms with van der Waals surface area (Å²) in [5.74, 6) is 2.51. The number of methoxy groups -OCH3 is 1. The summed E-state index contributed by atoms with van der Waals surface area (Å²) in [7, 11) is 1.70. The Bertz CT molecular complexity index is 650. The van der Waals surface area contributed by atoms with Gasteiger partial charge in [-0.2, -0.15) is 0 Å². The lowest BCUT2D eigenvalue weighted by atomic mass is 9.83. The first-order valence-corrected chi connectivity index (χ1v) is 7.85. The van der Waals surface area contributed by atoms with E-state index in [4.69, 9.17) is 17.0 Å². The van der Waals surface area contributed by atoms with E-state index in [9.17, 15) is 0 Å². The molecule has 20 heavy (non-hydrogen) atoms. The van der Waals surface area contributed by atoms with Gasteiger partial charge in [-0.15, -0.1) is 0 Å². The van der Waals surface area contributed by atoms with Gasteiger partial charge >= 0.3 is 0 Å². The van der Waals surface area contributed by atoms with Crippen LogP contribution in [0.1, 0.15) is 32.6 Å². The van der Waals surface area contributed by atoms with Crippen LogP contribution >= 0.6 is 12.2 Å². The van der Waals surface area contributed by atoms with E-state index in [1.807, 2.05) is 12.1 Å². The molecule has 1 fully saturated rings. The first kappa shape index (κ1) is 13.7. The molecule has 1 aromatic carbocycles. The Morgan fingerprint density at radius 1 is 1.30 bits per heavy atom. The van der Waals surface area contributed by atoms with Crippen LogP contribution in [0.25, 0.3) is 11.0 Å². The molecule has 0 spiro atoms. The number of benzene rings is 1. The summed E-state index contributed by atoms with van der Waals surface area (Å²) in [5.41, 5.74) is 2.18. The maximum atomic E-state index is 5.50. The van der Waals surface area contributed by atoms with Crippen LogP contribution in [0.2, 0.25) is 0 Å². The predicted molar refractivity (Wildman–Crippen MR) is 84.8 cm³/mol. The second kappa shape index (κ2) is 5.60. The zero-order valence-electron chi connectivity index (χ0n) is 12.2. The number of H-pyrrole nitrogens is 1. The Morgan fingerprint density at radius 2 is 2.05 bits per heavy atom. The standard InChI is InChI=1S/C16H22N2OS/c1-11-6-8-12(9-7-11)10-18-13-4-3-5-14(19-2)15(13)17-16(18)20/h3-5,11-12H,6-10H2,1-2H3,(H,17,20). The molecule has 1 N–H and O–H groups in total. The van der Waals surface area contributed by atoms with Crippen molar-refractivity contribution >= 4 is 23.3 Å². The molecule has 4 heteroatoms. The van der Waals surface area contributed by atoms with Crippen molar-refractivity contribution < 1.29 is 4.74 Å². The van der Waals surface area contributed by atoms with E-state index in [0.717, 1.165) is 39.9 Å². The SMILES string of the molecule is COc1cccc2c1[nH]c(=S)n2CC1CCC(C)CC1. The molecule has 1 aliphatic rings. The average Bonchev–Trinajstić information content (AvgIpc) is 2.77. The molecular formula is C16H22N2OS. The molecule has 1 aromatic heterocycles. The van der Waals surface area contributed by atoms with Crippen LogP contribution in [-0.4, -0.2) is 16.7 Å². The first-order chi connectivity index (χ1) is 9.69. The highest BCUT2D eigenvalue weighted by Crippen LogP contribution is 2.31. The van der Waals surface area contributed by atoms with Gasteiger partial charge in [-0.25, -0.2) is 0 Å². The molecule has 2 aromatic rings. The third-order valence-corrected chi connectivity index (χ3v) is 4.89. The monoisotopic (exact) mass is 290 g/mol. The number of imidazole rings is 1. The Labute approximate surface area is 125 Å². The van der Waals surface area contributed by atoms with Crippen molar-refractivity contribution in [3.63, 3.8) is 0 Å². The summed E-state index contributed by atoms with van der Waals surface area (Å²) in [6.07, 6.45) is 5.34. The quantitative estimate of drug-likeness (QED) is 0.841. The number of nitrogens with zero attached hydrogens (tertiary/aromatic N) is 1. The lowest BCUT2D eigenvalue weighted by molar-refractivity contribution is 0.266. The van der Waals surface area contributed by atoms with E-state index in [0.29, 0.717) is 0 Å². The van der Waals surface area contributed by atoms with Crippen LogP contribution in [-0.2, 0) is 6.54 Å². The lowest BCUT2D eigenvalue weighted by Crippen LogP contribution is -2.17. The summed E-state index contributed by atoms with van der Waals surface area (Å²) in [6.45, 7) is 3.39. The van der Waals surface area contributed by atoms with Crippen LogP contribution in [0.15, 0.2) is 18.2 Å². The van der Waals surface area contributed by atoms with Crippen molar-refractivity contribution in [1.82, 2.24) is 9.55 Å². The highest BCUT2D eigenvalue weighted by atomic mass is 32.1. The number of nitrogens with one attached hydrogen (secondary N) is 1. The van der Waals surface area contributed by atoms with Crippen molar-refractivity contribution in [1.29, 1.82) is 0 Å². The van der Waals surface area contributed by atoms with Gasteiger partial charge in [0.2, 0.25) is 0 Å². The van der Waals surface area contributed by atoms with Gasteiger partial charge in [0.05, 0.1) is 12.6 Å². The largest absolute Gasteiger partial charge is 0.494 e. The molecule has 1 heterocycles. The third-order valence-electron chi connectivity index (χ3n) is 4.57. The van der Waals surface area contributed by atoms with Gasteiger partial charge in [0, 0.05) is 6.54 Å². The third kappa shape index (κ3) is 2.49. The fourth-order valence-electron chi connectivity index (χ4n) is 3.28. The Morgan fingerprint density at radius 3 is 2.75 bits per heavy atom. The minimum Gasteiger partial charge on any atom is -0.494 e. The Balaban J connectivity index is 1.92. The fraction of sp³-hybridized carbons (Fsp3) is 0.562. The minimum atomic E-state index is 0.753. The van der Waals surface area contributed by atoms with Gasteiger partial charge in [0.25, 0.3) is 0 Å². The van der Waals surface area contributed by atoms with Crippen LogP contribution in [0.4, 0.5) is 0 Å². The molecule has 3 rings (SSSR count). The highest BCUT2D eigenvalue weighted by molar-refractivity contribution is 7.71. The van der Waals surface area contributed by atoms with E-state index in [-0.39, 0.29) is 0 Å². The van der Waals surface area contributed by atoms with Crippen LogP contribution in [0.3, 0.4) is 0 Å². The van der Waals surface area contributed by atoms with E-state index < -0.39 is 0 Å². The molecule has 0 bridgehead atoms. The Hall–Kier alpha value is -1.29. The van der Waals surface area contributed by atoms with Crippen molar-refractivity contribution in [2.45, 2.75) is 39.2 Å². The lowest BCUT2D eigenvalue weighted by Gasteiger charge is -2.26. The van der Waals surface area contributed by atoms with Gasteiger partial charge in [0.15, 0.2) is 4.77 Å². The molecule has 1 aliphatic carbocycles. The maximum Gasteiger partial charge on any atom is 0.178 e. The van der Waals surface area contributed by atoms with Gasteiger partial charge in [-0.1, -0.05) is 25.8 Å². The predicted octanol–water partition coefficient (Wildman–Crippen LogP) is 4.53. The number of fused-ring (bicyclic) bond motifs is 1. The van der Waals surface area contributed by atoms with Crippen molar-refractivity contribution in [2.75, 3.05) is 7.11 Å². The van der Waals surface area contributed by atoms with Gasteiger partial charge < -0.3 is 14.3 Å². The van der Waals surface area contributed by atoms with E-state index in [2.05, 4.69) is 22.5 Å². The molecule has 0 amide bonds. The summed E-state index contributed by atoms with van der Waals surface area (Å²) in [5, 5.41) is 0. The van der Waals surface area contributed by atoms with E-state index in [1.54, 1.807) is 7.11 Å². The number of rotatable bonds is 3. The number of hydrogen-bond acceptors (Lipinski definition) is 2. The summed E-state index contributed by atoms with van der Waals surface area (Å²) < 4.78 is 8.46. The number of aromatic amines is 1. The number of hydrogen-bond donors (Lipinski definition) is 1. The molecule has 0 atom stereocenters. The highest BCUT2D eigenvalue weighted by Gasteiger charge is 2.20. The fourth-order valence-corrected chi connectivity index (χ4v) is 3.55. The van der Waals surface area contributed by atoms with Crippen molar-refractivity contribution in [3.05, 3.63) is 23.0 Å². The first-order valence-electron chi connectivity index (χ1n) is 7.44. The van der Waals surface area contributed by atoms with Gasteiger partial charge in [-0.05, 0) is 49.0 Å². The van der Waals surface area contributed by atoms with E-state index >= 15 is 0 Å². The van der Waals surface area contributed by atoms with Crippen LogP contribution in [0.5, 0.6) is 5.75 Å². The summed E-state index contributed by atoms with van der Waals surface area (Å²) >= 11 is 5.50. The number of aromatic nitrogens is 2. The zero-order chi connectivity index (χ0) is 14.1. The average molecular weight is 290 g/mol. The molecule has 0 aliphatic heterocycles. The molecular weight excluding hydrogens is 268 g/mol. The molecule has 0 saturated heterocycles. The molecule has 1 saturated carbocycles. The van der Waals surface area contributed by atoms with Gasteiger partial charge in [-0.3, -0.25) is 0 Å². The topological polar surface area (TPSA) is 29.9 Å². The zero-order valence-corrected chi connectivity index (χ0v) is 13.0.